The van der Waals surface area contributed by atoms with E-state index in [0.29, 0.717) is 6.16 Å². The number of benzene rings is 3. The van der Waals surface area contributed by atoms with Gasteiger partial charge in [0.15, 0.2) is 0 Å². The van der Waals surface area contributed by atoms with Gasteiger partial charge < -0.3 is 4.57 Å². The van der Waals surface area contributed by atoms with Gasteiger partial charge in [0.05, 0.1) is 12.4 Å². The lowest BCUT2D eigenvalue weighted by Gasteiger charge is -2.28. The molecule has 0 saturated carbocycles. The monoisotopic (exact) mass is 436 g/mol. The lowest BCUT2D eigenvalue weighted by atomic mass is 9.77. The van der Waals surface area contributed by atoms with Gasteiger partial charge in [-0.3, -0.25) is 0 Å². The summed E-state index contributed by atoms with van der Waals surface area (Å²) in [6.45, 7) is 6.66. The summed E-state index contributed by atoms with van der Waals surface area (Å²) < 4.78 is 15.0. The van der Waals surface area contributed by atoms with Crippen molar-refractivity contribution in [1.29, 1.82) is 0 Å². The lowest BCUT2D eigenvalue weighted by Crippen LogP contribution is -2.25. The van der Waals surface area contributed by atoms with Crippen molar-refractivity contribution in [2.24, 2.45) is 0 Å². The zero-order valence-electron chi connectivity index (χ0n) is 18.6. The van der Waals surface area contributed by atoms with Gasteiger partial charge in [0, 0.05) is 27.7 Å². The molecule has 0 fully saturated rings. The van der Waals surface area contributed by atoms with E-state index in [1.807, 2.05) is 18.5 Å². The summed E-state index contributed by atoms with van der Waals surface area (Å²) in [4.78, 5) is 0. The Kier molecular flexibility index (Phi) is 4.13. The van der Waals surface area contributed by atoms with Crippen LogP contribution in [-0.4, -0.2) is 16.4 Å². The fourth-order valence-electron chi connectivity index (χ4n) is 5.83. The molecule has 2 aliphatic rings. The van der Waals surface area contributed by atoms with Crippen molar-refractivity contribution < 1.29 is 4.57 Å². The molecular weight excluding hydrogens is 411 g/mol. The van der Waals surface area contributed by atoms with Crippen LogP contribution in [0.25, 0.3) is 21.9 Å². The predicted molar refractivity (Wildman–Crippen MR) is 133 cm³/mol. The van der Waals surface area contributed by atoms with Crippen molar-refractivity contribution in [3.05, 3.63) is 95.3 Å². The van der Waals surface area contributed by atoms with Gasteiger partial charge in [-0.05, 0) is 51.1 Å². The van der Waals surface area contributed by atoms with E-state index in [-0.39, 0.29) is 5.41 Å². The van der Waals surface area contributed by atoms with Crippen LogP contribution in [0.15, 0.2) is 73.1 Å². The summed E-state index contributed by atoms with van der Waals surface area (Å²) in [5.41, 5.74) is 6.65. The Morgan fingerprint density at radius 2 is 1.59 bits per heavy atom. The molecule has 32 heavy (non-hydrogen) atoms. The summed E-state index contributed by atoms with van der Waals surface area (Å²) in [5.74, 6) is 0. The van der Waals surface area contributed by atoms with Gasteiger partial charge >= 0.3 is 0 Å². The Morgan fingerprint density at radius 1 is 0.844 bits per heavy atom. The number of fused-ring (bicyclic) bond motifs is 8. The molecule has 1 unspecified atom stereocenters. The number of hydrogen-bond acceptors (Lipinski definition) is 3. The van der Waals surface area contributed by atoms with Crippen molar-refractivity contribution >= 4 is 39.7 Å². The standard InChI is InChI=1S/C28H25N2OP/c1-4-15-32(31)23-12-8-7-11-20(23)25-21-16-29-30-17-22(21)28(2,3)27(25)26-19-10-6-5-9-18(19)13-14-24(26)32/h5-14,16-17H,4,15H2,1-3H3. The van der Waals surface area contributed by atoms with Crippen LogP contribution < -0.4 is 10.6 Å². The van der Waals surface area contributed by atoms with Crippen LogP contribution in [0.1, 0.15) is 49.4 Å². The highest BCUT2D eigenvalue weighted by Crippen LogP contribution is 2.59. The number of allylic oxidation sites excluding steroid dienone is 1. The van der Waals surface area contributed by atoms with E-state index < -0.39 is 7.14 Å². The summed E-state index contributed by atoms with van der Waals surface area (Å²) in [7, 11) is -2.84. The zero-order chi connectivity index (χ0) is 22.1. The molecule has 3 nitrogen and oxygen atoms in total. The Morgan fingerprint density at radius 3 is 2.44 bits per heavy atom. The molecule has 0 spiro atoms. The normalized spacial score (nSPS) is 20.3. The molecule has 0 saturated heterocycles. The first kappa shape index (κ1) is 19.6. The molecule has 6 rings (SSSR count). The molecule has 1 aromatic heterocycles. The molecule has 0 N–H and O–H groups in total. The van der Waals surface area contributed by atoms with Gasteiger partial charge in [-0.25, -0.2) is 0 Å². The van der Waals surface area contributed by atoms with E-state index in [9.17, 15) is 0 Å². The fourth-order valence-corrected chi connectivity index (χ4v) is 9.01. The number of nitrogens with zero attached hydrogens (tertiary/aromatic N) is 2. The number of aromatic nitrogens is 2. The van der Waals surface area contributed by atoms with Crippen LogP contribution in [-0.2, 0) is 9.98 Å². The second-order valence-corrected chi connectivity index (χ2v) is 12.2. The zero-order valence-corrected chi connectivity index (χ0v) is 19.5. The molecule has 1 aliphatic heterocycles. The average molecular weight is 436 g/mol. The van der Waals surface area contributed by atoms with Crippen LogP contribution >= 0.6 is 7.14 Å². The summed E-state index contributed by atoms with van der Waals surface area (Å²) in [6.07, 6.45) is 5.33. The minimum atomic E-state index is -2.84. The third-order valence-corrected chi connectivity index (χ3v) is 10.6. The van der Waals surface area contributed by atoms with Crippen molar-refractivity contribution in [3.63, 3.8) is 0 Å². The topological polar surface area (TPSA) is 42.9 Å². The van der Waals surface area contributed by atoms with Gasteiger partial charge in [0.1, 0.15) is 7.14 Å². The van der Waals surface area contributed by atoms with E-state index in [1.165, 1.54) is 27.5 Å². The molecule has 2 heterocycles. The minimum absolute atomic E-state index is 0.284. The summed E-state index contributed by atoms with van der Waals surface area (Å²) in [5, 5.41) is 12.8. The first-order valence-electron chi connectivity index (χ1n) is 11.3. The van der Waals surface area contributed by atoms with Crippen LogP contribution in [0.2, 0.25) is 0 Å². The quantitative estimate of drug-likeness (QED) is 0.367. The van der Waals surface area contributed by atoms with Crippen LogP contribution in [0, 0.1) is 0 Å². The molecule has 4 aromatic rings. The Hall–Kier alpha value is -3.03. The molecule has 1 aliphatic carbocycles. The maximum atomic E-state index is 15.0. The van der Waals surface area contributed by atoms with Crippen molar-refractivity contribution in [2.45, 2.75) is 32.6 Å². The maximum absolute atomic E-state index is 15.0. The van der Waals surface area contributed by atoms with E-state index in [1.54, 1.807) is 0 Å². The lowest BCUT2D eigenvalue weighted by molar-refractivity contribution is 0.586. The third-order valence-electron chi connectivity index (χ3n) is 7.20. The first-order chi connectivity index (χ1) is 15.5. The molecule has 0 amide bonds. The van der Waals surface area contributed by atoms with Crippen molar-refractivity contribution in [1.82, 2.24) is 10.2 Å². The Bertz CT molecular complexity index is 1500. The summed E-state index contributed by atoms with van der Waals surface area (Å²) in [6, 6.07) is 21.1. The van der Waals surface area contributed by atoms with E-state index in [4.69, 9.17) is 0 Å². The first-order valence-corrected chi connectivity index (χ1v) is 13.2. The van der Waals surface area contributed by atoms with Crippen LogP contribution in [0.3, 0.4) is 0 Å². The Labute approximate surface area is 188 Å². The molecule has 1 atom stereocenters. The minimum Gasteiger partial charge on any atom is -0.314 e. The molecule has 0 bridgehead atoms. The van der Waals surface area contributed by atoms with Crippen molar-refractivity contribution in [2.75, 3.05) is 6.16 Å². The van der Waals surface area contributed by atoms with Crippen molar-refractivity contribution in [3.8, 4) is 0 Å². The fraction of sp³-hybridized carbons (Fsp3) is 0.214. The molecule has 4 heteroatoms. The highest BCUT2D eigenvalue weighted by Gasteiger charge is 2.46. The van der Waals surface area contributed by atoms with Gasteiger partial charge in [-0.15, -0.1) is 0 Å². The predicted octanol–water partition coefficient (Wildman–Crippen LogP) is 5.92. The van der Waals surface area contributed by atoms with Gasteiger partial charge in [-0.1, -0.05) is 75.4 Å². The van der Waals surface area contributed by atoms with E-state index in [0.717, 1.165) is 33.7 Å². The Balaban J connectivity index is 1.89. The number of hydrogen-bond donors (Lipinski definition) is 0. The number of rotatable bonds is 2. The third kappa shape index (κ3) is 2.40. The van der Waals surface area contributed by atoms with E-state index >= 15 is 4.57 Å². The molecule has 158 valence electrons. The van der Waals surface area contributed by atoms with Crippen LogP contribution in [0.4, 0.5) is 0 Å². The average Bonchev–Trinajstić information content (AvgIpc) is 2.99. The van der Waals surface area contributed by atoms with E-state index in [2.05, 4.69) is 85.6 Å². The van der Waals surface area contributed by atoms with Gasteiger partial charge in [0.2, 0.25) is 0 Å². The van der Waals surface area contributed by atoms with Crippen LogP contribution in [0.5, 0.6) is 0 Å². The summed E-state index contributed by atoms with van der Waals surface area (Å²) >= 11 is 0. The maximum Gasteiger partial charge on any atom is 0.144 e. The molecular formula is C28H25N2OP. The van der Waals surface area contributed by atoms with Gasteiger partial charge in [-0.2, -0.15) is 10.2 Å². The molecule has 0 radical (unpaired) electrons. The van der Waals surface area contributed by atoms with Gasteiger partial charge in [0.25, 0.3) is 0 Å². The largest absolute Gasteiger partial charge is 0.314 e. The highest BCUT2D eigenvalue weighted by atomic mass is 31.2. The second-order valence-electron chi connectivity index (χ2n) is 9.35. The smallest absolute Gasteiger partial charge is 0.144 e. The SMILES string of the molecule is CCCP1(=O)c2ccccc2C2=C(c3c1ccc1ccccc31)C(C)(C)c1cnncc12. The highest BCUT2D eigenvalue weighted by molar-refractivity contribution is 7.79. The second kappa shape index (κ2) is 6.73. The molecule has 3 aromatic carbocycles.